The van der Waals surface area contributed by atoms with Gasteiger partial charge in [-0.15, -0.1) is 10.2 Å². The van der Waals surface area contributed by atoms with E-state index in [9.17, 15) is 14.7 Å². The maximum atomic E-state index is 13.4. The van der Waals surface area contributed by atoms with Crippen LogP contribution in [0.5, 0.6) is 0 Å². The summed E-state index contributed by atoms with van der Waals surface area (Å²) in [4.78, 5) is 29.4. The van der Waals surface area contributed by atoms with Gasteiger partial charge in [-0.05, 0) is 18.2 Å². The zero-order chi connectivity index (χ0) is 21.7. The van der Waals surface area contributed by atoms with E-state index in [0.29, 0.717) is 17.2 Å². The number of aromatic nitrogens is 2. The summed E-state index contributed by atoms with van der Waals surface area (Å²) in [6, 6.07) is 11.1. The number of fused-ring (bicyclic) bond motifs is 1. The number of Topliss-reactive ketones (excluding diaryl/α,β-unsaturated/α-hetero) is 1. The summed E-state index contributed by atoms with van der Waals surface area (Å²) in [7, 11) is 3.61. The molecular weight excluding hydrogens is 420 g/mol. The van der Waals surface area contributed by atoms with Crippen LogP contribution < -0.4 is 9.80 Å². The van der Waals surface area contributed by atoms with E-state index in [-0.39, 0.29) is 16.5 Å². The largest absolute Gasteiger partial charge is 0.503 e. The molecule has 5 rings (SSSR count). The highest BCUT2D eigenvalue weighted by atomic mass is 32.1. The fourth-order valence-corrected chi connectivity index (χ4v) is 4.12. The first-order valence-corrected chi connectivity index (χ1v) is 10.2. The van der Waals surface area contributed by atoms with Crippen LogP contribution in [-0.4, -0.2) is 41.1 Å². The number of rotatable bonds is 5. The monoisotopic (exact) mass is 436 g/mol. The molecule has 9 nitrogen and oxygen atoms in total. The second-order valence-electron chi connectivity index (χ2n) is 7.11. The van der Waals surface area contributed by atoms with Crippen molar-refractivity contribution in [1.82, 2.24) is 10.2 Å². The lowest BCUT2D eigenvalue weighted by Gasteiger charge is -2.21. The Morgan fingerprint density at radius 2 is 2.00 bits per heavy atom. The molecular formula is C21H16N4O5S. The molecule has 4 heterocycles. The Labute approximate surface area is 179 Å². The number of nitrogens with zero attached hydrogens (tertiary/aromatic N) is 4. The molecule has 0 bridgehead atoms. The normalized spacial score (nSPS) is 16.5. The molecule has 0 saturated heterocycles. The Hall–Kier alpha value is -3.92. The summed E-state index contributed by atoms with van der Waals surface area (Å²) in [6.45, 7) is 0. The molecule has 3 aromatic heterocycles. The third-order valence-corrected chi connectivity index (χ3v) is 5.67. The number of furan rings is 2. The van der Waals surface area contributed by atoms with Crippen LogP contribution in [0.3, 0.4) is 0 Å². The molecule has 1 aliphatic rings. The van der Waals surface area contributed by atoms with Gasteiger partial charge in [-0.3, -0.25) is 14.5 Å². The quantitative estimate of drug-likeness (QED) is 0.471. The fourth-order valence-electron chi connectivity index (χ4n) is 3.53. The third-order valence-electron chi connectivity index (χ3n) is 4.98. The molecule has 1 amide bonds. The molecule has 0 radical (unpaired) electrons. The third kappa shape index (κ3) is 2.99. The zero-order valence-corrected chi connectivity index (χ0v) is 17.3. The van der Waals surface area contributed by atoms with E-state index in [2.05, 4.69) is 10.2 Å². The minimum Gasteiger partial charge on any atom is -0.503 e. The SMILES string of the molecule is CN(C)c1ccc(C2C(C(=O)c3cc4ccccc4o3)=C(O)C(=O)N2c2nncs2)o1. The lowest BCUT2D eigenvalue weighted by Crippen LogP contribution is -2.30. The standard InChI is InChI=1S/C21H16N4O5S/c1-24(2)15-8-7-13(30-15)17-16(19(27)20(28)25(17)21-23-22-10-31-21)18(26)14-9-11-5-3-4-6-12(11)29-14/h3-10,17,27H,1-2H3. The summed E-state index contributed by atoms with van der Waals surface area (Å²) >= 11 is 1.11. The topological polar surface area (TPSA) is 113 Å². The minimum absolute atomic E-state index is 0.0130. The van der Waals surface area contributed by atoms with Gasteiger partial charge < -0.3 is 18.8 Å². The number of amides is 1. The van der Waals surface area contributed by atoms with Gasteiger partial charge in [0.2, 0.25) is 10.9 Å². The van der Waals surface area contributed by atoms with Crippen molar-refractivity contribution < 1.29 is 23.5 Å². The molecule has 1 aromatic carbocycles. The molecule has 1 N–H and O–H groups in total. The van der Waals surface area contributed by atoms with Crippen molar-refractivity contribution in [1.29, 1.82) is 0 Å². The molecule has 156 valence electrons. The predicted molar refractivity (Wildman–Crippen MR) is 113 cm³/mol. The number of aliphatic hydroxyl groups is 1. The van der Waals surface area contributed by atoms with Crippen molar-refractivity contribution in [2.24, 2.45) is 0 Å². The molecule has 1 aliphatic heterocycles. The molecule has 1 atom stereocenters. The van der Waals surface area contributed by atoms with Crippen molar-refractivity contribution in [2.45, 2.75) is 6.04 Å². The van der Waals surface area contributed by atoms with Gasteiger partial charge in [0.1, 0.15) is 22.9 Å². The van der Waals surface area contributed by atoms with Gasteiger partial charge >= 0.3 is 0 Å². The number of benzene rings is 1. The summed E-state index contributed by atoms with van der Waals surface area (Å²) < 4.78 is 11.6. The van der Waals surface area contributed by atoms with Crippen molar-refractivity contribution >= 4 is 45.0 Å². The average molecular weight is 436 g/mol. The van der Waals surface area contributed by atoms with E-state index in [1.807, 2.05) is 12.1 Å². The van der Waals surface area contributed by atoms with Crippen LogP contribution >= 0.6 is 11.3 Å². The summed E-state index contributed by atoms with van der Waals surface area (Å²) in [6.07, 6.45) is 0. The lowest BCUT2D eigenvalue weighted by molar-refractivity contribution is -0.117. The summed E-state index contributed by atoms with van der Waals surface area (Å²) in [5.41, 5.74) is 1.85. The van der Waals surface area contributed by atoms with E-state index >= 15 is 0 Å². The first-order chi connectivity index (χ1) is 15.0. The number of ketones is 1. The van der Waals surface area contributed by atoms with E-state index < -0.39 is 23.5 Å². The second-order valence-corrected chi connectivity index (χ2v) is 7.92. The Bertz CT molecular complexity index is 1300. The van der Waals surface area contributed by atoms with Gasteiger partial charge in [0.25, 0.3) is 5.91 Å². The van der Waals surface area contributed by atoms with E-state index in [1.54, 1.807) is 49.3 Å². The number of aliphatic hydroxyl groups excluding tert-OH is 1. The number of hydrogen-bond donors (Lipinski definition) is 1. The van der Waals surface area contributed by atoms with Gasteiger partial charge in [-0.1, -0.05) is 29.5 Å². The highest BCUT2D eigenvalue weighted by molar-refractivity contribution is 7.13. The fraction of sp³-hybridized carbons (Fsp3) is 0.143. The summed E-state index contributed by atoms with van der Waals surface area (Å²) in [5.74, 6) is -1.20. The molecule has 0 aliphatic carbocycles. The molecule has 0 saturated carbocycles. The number of para-hydroxylation sites is 1. The highest BCUT2D eigenvalue weighted by Crippen LogP contribution is 2.43. The van der Waals surface area contributed by atoms with Crippen molar-refractivity contribution in [3.05, 3.63) is 70.8 Å². The van der Waals surface area contributed by atoms with Crippen molar-refractivity contribution in [3.8, 4) is 0 Å². The van der Waals surface area contributed by atoms with Gasteiger partial charge in [-0.25, -0.2) is 0 Å². The number of carbonyl (C=O) groups is 2. The Morgan fingerprint density at radius 1 is 1.19 bits per heavy atom. The van der Waals surface area contributed by atoms with Crippen LogP contribution in [0.1, 0.15) is 22.4 Å². The number of hydrogen-bond acceptors (Lipinski definition) is 9. The first-order valence-electron chi connectivity index (χ1n) is 9.29. The maximum Gasteiger partial charge on any atom is 0.296 e. The maximum absolute atomic E-state index is 13.4. The molecule has 1 unspecified atom stereocenters. The zero-order valence-electron chi connectivity index (χ0n) is 16.5. The van der Waals surface area contributed by atoms with E-state index in [4.69, 9.17) is 8.83 Å². The van der Waals surface area contributed by atoms with Crippen LogP contribution in [0.2, 0.25) is 0 Å². The smallest absolute Gasteiger partial charge is 0.296 e. The van der Waals surface area contributed by atoms with Crippen LogP contribution in [-0.2, 0) is 4.79 Å². The average Bonchev–Trinajstić information content (AvgIpc) is 3.54. The van der Waals surface area contributed by atoms with Gasteiger partial charge in [0, 0.05) is 25.5 Å². The highest BCUT2D eigenvalue weighted by Gasteiger charge is 2.48. The summed E-state index contributed by atoms with van der Waals surface area (Å²) in [5, 5.41) is 19.4. The van der Waals surface area contributed by atoms with Gasteiger partial charge in [0.05, 0.1) is 5.57 Å². The molecule has 0 spiro atoms. The second kappa shape index (κ2) is 7.10. The molecule has 4 aromatic rings. The van der Waals surface area contributed by atoms with E-state index in [0.717, 1.165) is 16.7 Å². The van der Waals surface area contributed by atoms with Crippen LogP contribution in [0.25, 0.3) is 11.0 Å². The van der Waals surface area contributed by atoms with Crippen LogP contribution in [0.4, 0.5) is 11.0 Å². The predicted octanol–water partition coefficient (Wildman–Crippen LogP) is 3.73. The molecule has 10 heteroatoms. The Kier molecular flexibility index (Phi) is 4.36. The van der Waals surface area contributed by atoms with Crippen LogP contribution in [0.15, 0.2) is 68.1 Å². The minimum atomic E-state index is -1.02. The van der Waals surface area contributed by atoms with Crippen molar-refractivity contribution in [2.75, 3.05) is 23.9 Å². The lowest BCUT2D eigenvalue weighted by atomic mass is 10.00. The number of anilines is 2. The van der Waals surface area contributed by atoms with E-state index in [1.165, 1.54) is 10.4 Å². The first kappa shape index (κ1) is 19.1. The van der Waals surface area contributed by atoms with Crippen molar-refractivity contribution in [3.63, 3.8) is 0 Å². The van der Waals surface area contributed by atoms with Crippen LogP contribution in [0, 0.1) is 0 Å². The Morgan fingerprint density at radius 3 is 2.68 bits per heavy atom. The molecule has 31 heavy (non-hydrogen) atoms. The number of carbonyl (C=O) groups excluding carboxylic acids is 2. The van der Waals surface area contributed by atoms with Gasteiger partial charge in [0.15, 0.2) is 17.4 Å². The van der Waals surface area contributed by atoms with Gasteiger partial charge in [-0.2, -0.15) is 0 Å². The Balaban J connectivity index is 1.65. The molecule has 0 fully saturated rings.